The van der Waals surface area contributed by atoms with Gasteiger partial charge in [-0.3, -0.25) is 4.79 Å². The van der Waals surface area contributed by atoms with Gasteiger partial charge in [0.15, 0.2) is 0 Å². The fourth-order valence-electron chi connectivity index (χ4n) is 2.55. The molecule has 0 unspecified atom stereocenters. The van der Waals surface area contributed by atoms with Gasteiger partial charge >= 0.3 is 6.03 Å². The molecule has 0 aromatic heterocycles. The SMILES string of the molecule is CC[C@@H]1C(=O)NCCN1C(=O)Nc1cc(Cl)ccc1N(C)C. The lowest BCUT2D eigenvalue weighted by Crippen LogP contribution is -2.57. The molecular weight excluding hydrogens is 304 g/mol. The van der Waals surface area contributed by atoms with E-state index in [0.29, 0.717) is 30.2 Å². The second-order valence-corrected chi connectivity index (χ2v) is 5.83. The molecule has 2 N–H and O–H groups in total. The number of hydrogen-bond donors (Lipinski definition) is 2. The number of hydrogen-bond acceptors (Lipinski definition) is 3. The van der Waals surface area contributed by atoms with Crippen molar-refractivity contribution in [1.29, 1.82) is 0 Å². The molecule has 0 aliphatic carbocycles. The summed E-state index contributed by atoms with van der Waals surface area (Å²) < 4.78 is 0. The van der Waals surface area contributed by atoms with Crippen LogP contribution in [-0.4, -0.2) is 50.1 Å². The molecular formula is C15H21ClN4O2. The van der Waals surface area contributed by atoms with Crippen molar-refractivity contribution in [2.75, 3.05) is 37.4 Å². The number of carbonyl (C=O) groups is 2. The first-order valence-electron chi connectivity index (χ1n) is 7.26. The highest BCUT2D eigenvalue weighted by Gasteiger charge is 2.31. The second kappa shape index (κ2) is 6.87. The number of nitrogens with one attached hydrogen (secondary N) is 2. The molecule has 3 amide bonds. The Labute approximate surface area is 135 Å². The Morgan fingerprint density at radius 1 is 1.50 bits per heavy atom. The standard InChI is InChI=1S/C15H21ClN4O2/c1-4-12-14(21)17-7-8-20(12)15(22)18-11-9-10(16)5-6-13(11)19(2)3/h5-6,9,12H,4,7-8H2,1-3H3,(H,17,21)(H,18,22)/t12-/m1/s1. The first-order chi connectivity index (χ1) is 10.4. The highest BCUT2D eigenvalue weighted by molar-refractivity contribution is 6.31. The monoisotopic (exact) mass is 324 g/mol. The smallest absolute Gasteiger partial charge is 0.322 e. The van der Waals surface area contributed by atoms with Gasteiger partial charge in [0.05, 0.1) is 11.4 Å². The lowest BCUT2D eigenvalue weighted by Gasteiger charge is -2.34. The third kappa shape index (κ3) is 3.44. The summed E-state index contributed by atoms with van der Waals surface area (Å²) in [6.07, 6.45) is 0.579. The molecule has 1 heterocycles. The van der Waals surface area contributed by atoms with Crippen LogP contribution in [0.2, 0.25) is 5.02 Å². The Hall–Kier alpha value is -1.95. The average molecular weight is 325 g/mol. The predicted octanol–water partition coefficient (Wildman–Crippen LogP) is 2.15. The van der Waals surface area contributed by atoms with E-state index in [1.54, 1.807) is 17.0 Å². The van der Waals surface area contributed by atoms with Crippen LogP contribution in [0.1, 0.15) is 13.3 Å². The van der Waals surface area contributed by atoms with Crippen molar-refractivity contribution in [1.82, 2.24) is 10.2 Å². The van der Waals surface area contributed by atoms with Gasteiger partial charge < -0.3 is 20.4 Å². The Bertz CT molecular complexity index is 577. The van der Waals surface area contributed by atoms with Crippen LogP contribution in [-0.2, 0) is 4.79 Å². The number of urea groups is 1. The molecule has 1 fully saturated rings. The Balaban J connectivity index is 2.21. The van der Waals surface area contributed by atoms with Crippen LogP contribution < -0.4 is 15.5 Å². The Kier molecular flexibility index (Phi) is 5.13. The summed E-state index contributed by atoms with van der Waals surface area (Å²) in [6, 6.07) is 4.61. The molecule has 1 aliphatic heterocycles. The molecule has 7 heteroatoms. The Morgan fingerprint density at radius 3 is 2.86 bits per heavy atom. The van der Waals surface area contributed by atoms with E-state index < -0.39 is 6.04 Å². The van der Waals surface area contributed by atoms with Gasteiger partial charge in [0.25, 0.3) is 0 Å². The van der Waals surface area contributed by atoms with Crippen molar-refractivity contribution >= 4 is 34.9 Å². The first-order valence-corrected chi connectivity index (χ1v) is 7.64. The van der Waals surface area contributed by atoms with Gasteiger partial charge in [-0.05, 0) is 24.6 Å². The quantitative estimate of drug-likeness (QED) is 0.895. The van der Waals surface area contributed by atoms with E-state index in [4.69, 9.17) is 11.6 Å². The molecule has 1 aromatic rings. The van der Waals surface area contributed by atoms with Crippen LogP contribution in [0, 0.1) is 0 Å². The molecule has 1 atom stereocenters. The van der Waals surface area contributed by atoms with Crippen molar-refractivity contribution in [2.45, 2.75) is 19.4 Å². The van der Waals surface area contributed by atoms with Gasteiger partial charge in [0.2, 0.25) is 5.91 Å². The number of nitrogens with zero attached hydrogens (tertiary/aromatic N) is 2. The molecule has 2 rings (SSSR count). The molecule has 22 heavy (non-hydrogen) atoms. The minimum absolute atomic E-state index is 0.108. The van der Waals surface area contributed by atoms with E-state index in [0.717, 1.165) is 5.69 Å². The van der Waals surface area contributed by atoms with E-state index in [2.05, 4.69) is 10.6 Å². The minimum atomic E-state index is -0.434. The normalized spacial score (nSPS) is 17.9. The molecule has 120 valence electrons. The number of rotatable bonds is 3. The molecule has 1 aromatic carbocycles. The van der Waals surface area contributed by atoms with Crippen LogP contribution >= 0.6 is 11.6 Å². The number of carbonyl (C=O) groups excluding carboxylic acids is 2. The number of piperazine rings is 1. The van der Waals surface area contributed by atoms with Gasteiger partial charge in [-0.15, -0.1) is 0 Å². The van der Waals surface area contributed by atoms with Gasteiger partial charge in [0, 0.05) is 32.2 Å². The number of benzene rings is 1. The maximum absolute atomic E-state index is 12.5. The first kappa shape index (κ1) is 16.4. The summed E-state index contributed by atoms with van der Waals surface area (Å²) >= 11 is 6.02. The van der Waals surface area contributed by atoms with Crippen LogP contribution in [0.4, 0.5) is 16.2 Å². The summed E-state index contributed by atoms with van der Waals surface area (Å²) in [4.78, 5) is 27.9. The van der Waals surface area contributed by atoms with Gasteiger partial charge in [-0.1, -0.05) is 18.5 Å². The molecule has 0 spiro atoms. The molecule has 1 saturated heterocycles. The third-order valence-electron chi connectivity index (χ3n) is 3.66. The van der Waals surface area contributed by atoms with E-state index in [9.17, 15) is 9.59 Å². The van der Waals surface area contributed by atoms with Crippen LogP contribution in [0.15, 0.2) is 18.2 Å². The lowest BCUT2D eigenvalue weighted by atomic mass is 10.1. The summed E-state index contributed by atoms with van der Waals surface area (Å²) in [5.41, 5.74) is 1.48. The van der Waals surface area contributed by atoms with Crippen molar-refractivity contribution in [3.05, 3.63) is 23.2 Å². The van der Waals surface area contributed by atoms with E-state index in [1.165, 1.54) is 0 Å². The lowest BCUT2D eigenvalue weighted by molar-refractivity contribution is -0.127. The van der Waals surface area contributed by atoms with Crippen LogP contribution in [0.25, 0.3) is 0 Å². The van der Waals surface area contributed by atoms with Crippen LogP contribution in [0.5, 0.6) is 0 Å². The Morgan fingerprint density at radius 2 is 2.23 bits per heavy atom. The zero-order valence-electron chi connectivity index (χ0n) is 13.0. The predicted molar refractivity (Wildman–Crippen MR) is 88.6 cm³/mol. The zero-order valence-corrected chi connectivity index (χ0v) is 13.8. The summed E-state index contributed by atoms with van der Waals surface area (Å²) in [7, 11) is 3.78. The number of amides is 3. The fourth-order valence-corrected chi connectivity index (χ4v) is 2.72. The maximum atomic E-state index is 12.5. The van der Waals surface area contributed by atoms with E-state index >= 15 is 0 Å². The number of halogens is 1. The molecule has 0 saturated carbocycles. The highest BCUT2D eigenvalue weighted by atomic mass is 35.5. The topological polar surface area (TPSA) is 64.7 Å². The second-order valence-electron chi connectivity index (χ2n) is 5.39. The summed E-state index contributed by atoms with van der Waals surface area (Å²) in [5, 5.41) is 6.19. The van der Waals surface area contributed by atoms with Crippen molar-refractivity contribution < 1.29 is 9.59 Å². The van der Waals surface area contributed by atoms with Crippen molar-refractivity contribution in [3.63, 3.8) is 0 Å². The van der Waals surface area contributed by atoms with Gasteiger partial charge in [-0.2, -0.15) is 0 Å². The van der Waals surface area contributed by atoms with Crippen molar-refractivity contribution in [3.8, 4) is 0 Å². The highest BCUT2D eigenvalue weighted by Crippen LogP contribution is 2.28. The molecule has 1 aliphatic rings. The van der Waals surface area contributed by atoms with Gasteiger partial charge in [0.1, 0.15) is 6.04 Å². The van der Waals surface area contributed by atoms with E-state index in [1.807, 2.05) is 32.0 Å². The molecule has 0 bridgehead atoms. The summed E-state index contributed by atoms with van der Waals surface area (Å²) in [5.74, 6) is -0.108. The molecule has 6 nitrogen and oxygen atoms in total. The summed E-state index contributed by atoms with van der Waals surface area (Å²) in [6.45, 7) is 2.85. The van der Waals surface area contributed by atoms with Gasteiger partial charge in [-0.25, -0.2) is 4.79 Å². The zero-order chi connectivity index (χ0) is 16.3. The third-order valence-corrected chi connectivity index (χ3v) is 3.90. The van der Waals surface area contributed by atoms with E-state index in [-0.39, 0.29) is 11.9 Å². The largest absolute Gasteiger partial charge is 0.376 e. The number of anilines is 2. The van der Waals surface area contributed by atoms with Crippen molar-refractivity contribution in [2.24, 2.45) is 0 Å². The van der Waals surface area contributed by atoms with Crippen LogP contribution in [0.3, 0.4) is 0 Å². The minimum Gasteiger partial charge on any atom is -0.376 e. The fraction of sp³-hybridized carbons (Fsp3) is 0.467. The maximum Gasteiger partial charge on any atom is 0.322 e. The molecule has 0 radical (unpaired) electrons. The average Bonchev–Trinajstić information content (AvgIpc) is 2.46.